The lowest BCUT2D eigenvalue weighted by Gasteiger charge is -2.11. The average molecular weight is 142 g/mol. The maximum absolute atomic E-state index is 4.13. The van der Waals surface area contributed by atoms with Crippen LogP contribution in [0.4, 0.5) is 5.82 Å². The summed E-state index contributed by atoms with van der Waals surface area (Å²) in [6, 6.07) is 0. The van der Waals surface area contributed by atoms with Crippen molar-refractivity contribution in [1.82, 2.24) is 4.98 Å². The Morgan fingerprint density at radius 1 is 1.78 bits per heavy atom. The third-order valence-corrected chi connectivity index (χ3v) is 1.86. The maximum Gasteiger partial charge on any atom is 0.139 e. The molecule has 9 heavy (non-hydrogen) atoms. The first-order chi connectivity index (χ1) is 4.34. The van der Waals surface area contributed by atoms with E-state index in [1.807, 2.05) is 17.9 Å². The number of rotatable bonds is 2. The highest BCUT2D eigenvalue weighted by atomic mass is 32.1. The number of nitrogens with zero attached hydrogens (tertiary/aromatic N) is 2. The molecule has 0 unspecified atom stereocenters. The Bertz CT molecular complexity index is 160. The number of thiazole rings is 1. The number of anilines is 1. The molecule has 50 valence electrons. The fourth-order valence-corrected chi connectivity index (χ4v) is 1.15. The smallest absolute Gasteiger partial charge is 0.139 e. The fourth-order valence-electron chi connectivity index (χ4n) is 0.557. The second-order valence-electron chi connectivity index (χ2n) is 1.86. The zero-order valence-corrected chi connectivity index (χ0v) is 6.48. The Kier molecular flexibility index (Phi) is 2.05. The third-order valence-electron chi connectivity index (χ3n) is 1.28. The van der Waals surface area contributed by atoms with Crippen molar-refractivity contribution in [3.05, 3.63) is 10.9 Å². The zero-order chi connectivity index (χ0) is 6.69. The van der Waals surface area contributed by atoms with Crippen molar-refractivity contribution >= 4 is 17.2 Å². The molecule has 0 fully saturated rings. The van der Waals surface area contributed by atoms with Gasteiger partial charge >= 0.3 is 0 Å². The Labute approximate surface area is 59.1 Å². The van der Waals surface area contributed by atoms with Gasteiger partial charge in [-0.1, -0.05) is 0 Å². The molecule has 0 aliphatic heterocycles. The van der Waals surface area contributed by atoms with Crippen LogP contribution in [0.2, 0.25) is 0 Å². The first-order valence-corrected chi connectivity index (χ1v) is 3.88. The lowest BCUT2D eigenvalue weighted by molar-refractivity contribution is 0.946. The SMILES string of the molecule is CCN(C)c1cscn1. The van der Waals surface area contributed by atoms with Gasteiger partial charge in [0.15, 0.2) is 0 Å². The van der Waals surface area contributed by atoms with Crippen LogP contribution in [0, 0.1) is 0 Å². The maximum atomic E-state index is 4.13. The summed E-state index contributed by atoms with van der Waals surface area (Å²) in [6.45, 7) is 3.13. The average Bonchev–Trinajstić information content (AvgIpc) is 2.37. The Morgan fingerprint density at radius 2 is 2.56 bits per heavy atom. The normalized spacial score (nSPS) is 9.56. The molecular weight excluding hydrogens is 132 g/mol. The molecular formula is C6H10N2S. The van der Waals surface area contributed by atoms with Crippen LogP contribution in [0.25, 0.3) is 0 Å². The molecule has 1 aromatic heterocycles. The van der Waals surface area contributed by atoms with Crippen LogP contribution in [0.15, 0.2) is 10.9 Å². The highest BCUT2D eigenvalue weighted by Crippen LogP contribution is 2.10. The molecule has 0 aliphatic carbocycles. The lowest BCUT2D eigenvalue weighted by atomic mass is 10.6. The molecule has 0 amide bonds. The van der Waals surface area contributed by atoms with Crippen molar-refractivity contribution < 1.29 is 0 Å². The fraction of sp³-hybridized carbons (Fsp3) is 0.500. The van der Waals surface area contributed by atoms with E-state index in [1.165, 1.54) is 0 Å². The molecule has 0 saturated heterocycles. The molecule has 0 saturated carbocycles. The summed E-state index contributed by atoms with van der Waals surface area (Å²) >= 11 is 1.63. The summed E-state index contributed by atoms with van der Waals surface area (Å²) in [5.74, 6) is 1.07. The van der Waals surface area contributed by atoms with Gasteiger partial charge in [-0.25, -0.2) is 4.98 Å². The molecule has 0 atom stereocenters. The van der Waals surface area contributed by atoms with Crippen LogP contribution < -0.4 is 4.90 Å². The van der Waals surface area contributed by atoms with Gasteiger partial charge in [0.1, 0.15) is 5.82 Å². The van der Waals surface area contributed by atoms with E-state index in [9.17, 15) is 0 Å². The van der Waals surface area contributed by atoms with E-state index in [0.29, 0.717) is 0 Å². The van der Waals surface area contributed by atoms with Gasteiger partial charge in [-0.15, -0.1) is 11.3 Å². The summed E-state index contributed by atoms with van der Waals surface area (Å²) < 4.78 is 0. The van der Waals surface area contributed by atoms with Gasteiger partial charge in [0.05, 0.1) is 5.51 Å². The topological polar surface area (TPSA) is 16.1 Å². The summed E-state index contributed by atoms with van der Waals surface area (Å²) in [5, 5.41) is 2.05. The van der Waals surface area contributed by atoms with Crippen molar-refractivity contribution in [2.24, 2.45) is 0 Å². The molecule has 0 N–H and O–H groups in total. The van der Waals surface area contributed by atoms with E-state index in [0.717, 1.165) is 12.4 Å². The molecule has 0 bridgehead atoms. The van der Waals surface area contributed by atoms with E-state index >= 15 is 0 Å². The molecule has 0 spiro atoms. The minimum Gasteiger partial charge on any atom is -0.359 e. The van der Waals surface area contributed by atoms with Crippen LogP contribution in [-0.4, -0.2) is 18.6 Å². The lowest BCUT2D eigenvalue weighted by Crippen LogP contribution is -2.15. The molecule has 2 nitrogen and oxygen atoms in total. The summed E-state index contributed by atoms with van der Waals surface area (Å²) in [5.41, 5.74) is 1.85. The number of aromatic nitrogens is 1. The highest BCUT2D eigenvalue weighted by Gasteiger charge is 1.96. The Hall–Kier alpha value is -0.570. The van der Waals surface area contributed by atoms with Crippen LogP contribution in [0.3, 0.4) is 0 Å². The highest BCUT2D eigenvalue weighted by molar-refractivity contribution is 7.07. The predicted octanol–water partition coefficient (Wildman–Crippen LogP) is 1.60. The van der Waals surface area contributed by atoms with Gasteiger partial charge in [0, 0.05) is 19.0 Å². The standard InChI is InChI=1S/C6H10N2S/c1-3-8(2)6-4-9-5-7-6/h4-5H,3H2,1-2H3. The number of hydrogen-bond acceptors (Lipinski definition) is 3. The minimum absolute atomic E-state index is 1.02. The van der Waals surface area contributed by atoms with Gasteiger partial charge < -0.3 is 4.90 Å². The first-order valence-electron chi connectivity index (χ1n) is 2.94. The second-order valence-corrected chi connectivity index (χ2v) is 2.58. The van der Waals surface area contributed by atoms with E-state index in [1.54, 1.807) is 11.3 Å². The van der Waals surface area contributed by atoms with Crippen LogP contribution in [0.5, 0.6) is 0 Å². The molecule has 0 radical (unpaired) electrons. The summed E-state index contributed by atoms with van der Waals surface area (Å²) in [6.07, 6.45) is 0. The monoisotopic (exact) mass is 142 g/mol. The largest absolute Gasteiger partial charge is 0.359 e. The minimum atomic E-state index is 1.02. The van der Waals surface area contributed by atoms with Crippen LogP contribution in [-0.2, 0) is 0 Å². The third kappa shape index (κ3) is 1.42. The number of hydrogen-bond donors (Lipinski definition) is 0. The van der Waals surface area contributed by atoms with Crippen molar-refractivity contribution in [3.8, 4) is 0 Å². The van der Waals surface area contributed by atoms with Crippen molar-refractivity contribution in [3.63, 3.8) is 0 Å². The van der Waals surface area contributed by atoms with Gasteiger partial charge in [-0.05, 0) is 6.92 Å². The van der Waals surface area contributed by atoms with Crippen molar-refractivity contribution in [1.29, 1.82) is 0 Å². The molecule has 0 aromatic carbocycles. The van der Waals surface area contributed by atoms with Gasteiger partial charge in [-0.2, -0.15) is 0 Å². The predicted molar refractivity (Wildman–Crippen MR) is 41.1 cm³/mol. The Morgan fingerprint density at radius 3 is 3.00 bits per heavy atom. The molecule has 1 aromatic rings. The second kappa shape index (κ2) is 2.82. The quantitative estimate of drug-likeness (QED) is 0.623. The molecule has 3 heteroatoms. The van der Waals surface area contributed by atoms with E-state index in [4.69, 9.17) is 0 Å². The van der Waals surface area contributed by atoms with Gasteiger partial charge in [0.2, 0.25) is 0 Å². The van der Waals surface area contributed by atoms with Gasteiger partial charge in [-0.3, -0.25) is 0 Å². The molecule has 1 rings (SSSR count). The molecule has 0 aliphatic rings. The zero-order valence-electron chi connectivity index (χ0n) is 5.66. The van der Waals surface area contributed by atoms with Crippen molar-refractivity contribution in [2.75, 3.05) is 18.5 Å². The van der Waals surface area contributed by atoms with Crippen LogP contribution >= 0.6 is 11.3 Å². The van der Waals surface area contributed by atoms with Crippen molar-refractivity contribution in [2.45, 2.75) is 6.92 Å². The Balaban J connectivity index is 2.65. The molecule has 1 heterocycles. The van der Waals surface area contributed by atoms with E-state index < -0.39 is 0 Å². The van der Waals surface area contributed by atoms with Gasteiger partial charge in [0.25, 0.3) is 0 Å². The summed E-state index contributed by atoms with van der Waals surface area (Å²) in [7, 11) is 2.04. The summed E-state index contributed by atoms with van der Waals surface area (Å²) in [4.78, 5) is 6.24. The van der Waals surface area contributed by atoms with E-state index in [-0.39, 0.29) is 0 Å². The first kappa shape index (κ1) is 6.55. The van der Waals surface area contributed by atoms with Crippen LogP contribution in [0.1, 0.15) is 6.92 Å². The van der Waals surface area contributed by atoms with E-state index in [2.05, 4.69) is 16.8 Å².